The first-order chi connectivity index (χ1) is 12.7. The number of hydrogen-bond acceptors (Lipinski definition) is 4. The van der Waals surface area contributed by atoms with Crippen LogP contribution in [0, 0.1) is 5.82 Å². The molecule has 0 saturated carbocycles. The number of rotatable bonds is 13. The van der Waals surface area contributed by atoms with Gasteiger partial charge in [-0.25, -0.2) is 4.39 Å². The third-order valence-electron chi connectivity index (χ3n) is 3.84. The Kier molecular flexibility index (Phi) is 16.3. The van der Waals surface area contributed by atoms with Gasteiger partial charge in [-0.2, -0.15) is 0 Å². The Hall–Kier alpha value is -1.13. The lowest BCUT2D eigenvalue weighted by atomic mass is 10.3. The second-order valence-corrected chi connectivity index (χ2v) is 6.08. The number of hydrogen-bond donors (Lipinski definition) is 2. The largest absolute Gasteiger partial charge is 0.494 e. The van der Waals surface area contributed by atoms with Gasteiger partial charge in [0.2, 0.25) is 0 Å². The summed E-state index contributed by atoms with van der Waals surface area (Å²) in [5.74, 6) is 1.27. The summed E-state index contributed by atoms with van der Waals surface area (Å²) in [5, 5.41) is 6.61. The molecule has 0 unspecified atom stereocenters. The van der Waals surface area contributed by atoms with Crippen molar-refractivity contribution in [1.29, 1.82) is 0 Å². The molecule has 0 fully saturated rings. The van der Waals surface area contributed by atoms with Gasteiger partial charge in [0.05, 0.1) is 6.61 Å². The molecule has 0 amide bonds. The minimum atomic E-state index is -0.249. The van der Waals surface area contributed by atoms with Gasteiger partial charge in [-0.15, -0.1) is 24.0 Å². The summed E-state index contributed by atoms with van der Waals surface area (Å²) < 4.78 is 23.4. The second-order valence-electron chi connectivity index (χ2n) is 6.08. The van der Waals surface area contributed by atoms with Gasteiger partial charge in [0.25, 0.3) is 0 Å². The number of benzene rings is 1. The SMILES string of the molecule is CN=C(NCCCCOc1ccc(F)cc1)NCCN(C)CCCOC.I. The number of methoxy groups -OCH3 is 1. The van der Waals surface area contributed by atoms with Gasteiger partial charge in [0, 0.05) is 46.9 Å². The summed E-state index contributed by atoms with van der Waals surface area (Å²) in [4.78, 5) is 6.49. The lowest BCUT2D eigenvalue weighted by molar-refractivity contribution is 0.180. The minimum absolute atomic E-state index is 0. The third kappa shape index (κ3) is 13.7. The molecular weight excluding hydrogens is 462 g/mol. The van der Waals surface area contributed by atoms with E-state index in [4.69, 9.17) is 9.47 Å². The van der Waals surface area contributed by atoms with E-state index in [-0.39, 0.29) is 29.8 Å². The van der Waals surface area contributed by atoms with E-state index in [1.807, 2.05) is 0 Å². The number of aliphatic imine (C=N–C) groups is 1. The van der Waals surface area contributed by atoms with Crippen LogP contribution >= 0.6 is 24.0 Å². The molecule has 1 aromatic rings. The standard InChI is InChI=1S/C19H33FN4O2.HI/c1-21-19(23-12-14-24(2)13-6-15-25-3)22-11-4-5-16-26-18-9-7-17(20)8-10-18;/h7-10H,4-6,11-16H2,1-3H3,(H2,21,22,23);1H. The first-order valence-corrected chi connectivity index (χ1v) is 9.16. The van der Waals surface area contributed by atoms with Crippen molar-refractivity contribution in [1.82, 2.24) is 15.5 Å². The first-order valence-electron chi connectivity index (χ1n) is 9.16. The van der Waals surface area contributed by atoms with Gasteiger partial charge in [0.15, 0.2) is 5.96 Å². The Balaban J connectivity index is 0.00000676. The van der Waals surface area contributed by atoms with E-state index in [2.05, 4.69) is 27.6 Å². The summed E-state index contributed by atoms with van der Waals surface area (Å²) in [7, 11) is 5.61. The lowest BCUT2D eigenvalue weighted by Gasteiger charge is -2.18. The summed E-state index contributed by atoms with van der Waals surface area (Å²) in [6.07, 6.45) is 2.93. The summed E-state index contributed by atoms with van der Waals surface area (Å²) >= 11 is 0. The molecule has 8 heteroatoms. The van der Waals surface area contributed by atoms with E-state index >= 15 is 0 Å². The van der Waals surface area contributed by atoms with Crippen LogP contribution in [0.1, 0.15) is 19.3 Å². The van der Waals surface area contributed by atoms with Crippen LogP contribution in [0.25, 0.3) is 0 Å². The maximum absolute atomic E-state index is 12.8. The van der Waals surface area contributed by atoms with Crippen molar-refractivity contribution in [3.63, 3.8) is 0 Å². The molecular formula is C19H34FIN4O2. The molecule has 0 spiro atoms. The average Bonchev–Trinajstić information content (AvgIpc) is 2.64. The molecule has 0 aliphatic carbocycles. The number of nitrogens with one attached hydrogen (secondary N) is 2. The molecule has 6 nitrogen and oxygen atoms in total. The van der Waals surface area contributed by atoms with Crippen LogP contribution in [0.4, 0.5) is 4.39 Å². The number of halogens is 2. The zero-order valence-corrected chi connectivity index (χ0v) is 19.0. The van der Waals surface area contributed by atoms with E-state index < -0.39 is 0 Å². The number of ether oxygens (including phenoxy) is 2. The van der Waals surface area contributed by atoms with Crippen LogP contribution < -0.4 is 15.4 Å². The number of unbranched alkanes of at least 4 members (excludes halogenated alkanes) is 1. The second kappa shape index (κ2) is 17.0. The minimum Gasteiger partial charge on any atom is -0.494 e. The lowest BCUT2D eigenvalue weighted by Crippen LogP contribution is -2.41. The first kappa shape index (κ1) is 25.9. The molecule has 2 N–H and O–H groups in total. The topological polar surface area (TPSA) is 58.1 Å². The summed E-state index contributed by atoms with van der Waals surface area (Å²) in [5.41, 5.74) is 0. The zero-order chi connectivity index (χ0) is 19.0. The van der Waals surface area contributed by atoms with E-state index in [1.54, 1.807) is 26.3 Å². The van der Waals surface area contributed by atoms with Crippen molar-refractivity contribution in [3.05, 3.63) is 30.1 Å². The van der Waals surface area contributed by atoms with Gasteiger partial charge in [-0.1, -0.05) is 0 Å². The molecule has 1 aromatic carbocycles. The molecule has 0 aromatic heterocycles. The number of likely N-dealkylation sites (N-methyl/N-ethyl adjacent to an activating group) is 1. The Morgan fingerprint density at radius 2 is 1.74 bits per heavy atom. The van der Waals surface area contributed by atoms with Crippen molar-refractivity contribution in [3.8, 4) is 5.75 Å². The molecule has 0 atom stereocenters. The fourth-order valence-corrected chi connectivity index (χ4v) is 2.33. The number of guanidine groups is 1. The number of nitrogens with zero attached hydrogens (tertiary/aromatic N) is 2. The highest BCUT2D eigenvalue weighted by atomic mass is 127. The van der Waals surface area contributed by atoms with Gasteiger partial charge in [-0.3, -0.25) is 4.99 Å². The molecule has 0 saturated heterocycles. The van der Waals surface area contributed by atoms with Crippen molar-refractivity contribution in [2.75, 3.05) is 60.6 Å². The quantitative estimate of drug-likeness (QED) is 0.191. The Morgan fingerprint density at radius 1 is 1.04 bits per heavy atom. The summed E-state index contributed by atoms with van der Waals surface area (Å²) in [6.45, 7) is 5.07. The molecule has 156 valence electrons. The van der Waals surface area contributed by atoms with Gasteiger partial charge < -0.3 is 25.0 Å². The van der Waals surface area contributed by atoms with Crippen molar-refractivity contribution in [2.24, 2.45) is 4.99 Å². The molecule has 0 heterocycles. The zero-order valence-electron chi connectivity index (χ0n) is 16.7. The monoisotopic (exact) mass is 496 g/mol. The van der Waals surface area contributed by atoms with Gasteiger partial charge in [-0.05, 0) is 50.6 Å². The van der Waals surface area contributed by atoms with E-state index in [1.165, 1.54) is 12.1 Å². The molecule has 0 bridgehead atoms. The Bertz CT molecular complexity index is 503. The van der Waals surface area contributed by atoms with Crippen LogP contribution in [0.2, 0.25) is 0 Å². The third-order valence-corrected chi connectivity index (χ3v) is 3.84. The van der Waals surface area contributed by atoms with Crippen molar-refractivity contribution >= 4 is 29.9 Å². The Morgan fingerprint density at radius 3 is 2.41 bits per heavy atom. The normalized spacial score (nSPS) is 11.2. The van der Waals surface area contributed by atoms with Crippen molar-refractivity contribution < 1.29 is 13.9 Å². The van der Waals surface area contributed by atoms with Gasteiger partial charge >= 0.3 is 0 Å². The molecule has 27 heavy (non-hydrogen) atoms. The van der Waals surface area contributed by atoms with Crippen LogP contribution in [-0.4, -0.2) is 71.5 Å². The average molecular weight is 496 g/mol. The van der Waals surface area contributed by atoms with Gasteiger partial charge in [0.1, 0.15) is 11.6 Å². The fraction of sp³-hybridized carbons (Fsp3) is 0.632. The van der Waals surface area contributed by atoms with Crippen LogP contribution in [0.3, 0.4) is 0 Å². The highest BCUT2D eigenvalue weighted by molar-refractivity contribution is 14.0. The molecule has 1 rings (SSSR count). The van der Waals surface area contributed by atoms with Crippen LogP contribution in [-0.2, 0) is 4.74 Å². The Labute approximate surface area is 179 Å². The van der Waals surface area contributed by atoms with E-state index in [0.29, 0.717) is 12.4 Å². The molecule has 0 aliphatic heterocycles. The van der Waals surface area contributed by atoms with E-state index in [0.717, 1.165) is 58.0 Å². The smallest absolute Gasteiger partial charge is 0.191 e. The van der Waals surface area contributed by atoms with E-state index in [9.17, 15) is 4.39 Å². The fourth-order valence-electron chi connectivity index (χ4n) is 2.33. The summed E-state index contributed by atoms with van der Waals surface area (Å²) in [6, 6.07) is 6.10. The maximum atomic E-state index is 12.8. The highest BCUT2D eigenvalue weighted by Crippen LogP contribution is 2.11. The molecule has 0 radical (unpaired) electrons. The van der Waals surface area contributed by atoms with Crippen LogP contribution in [0.15, 0.2) is 29.3 Å². The predicted octanol–water partition coefficient (Wildman–Crippen LogP) is 2.74. The highest BCUT2D eigenvalue weighted by Gasteiger charge is 2.00. The maximum Gasteiger partial charge on any atom is 0.191 e. The predicted molar refractivity (Wildman–Crippen MR) is 120 cm³/mol. The molecule has 0 aliphatic rings. The van der Waals surface area contributed by atoms with Crippen molar-refractivity contribution in [2.45, 2.75) is 19.3 Å². The van der Waals surface area contributed by atoms with Crippen LogP contribution in [0.5, 0.6) is 5.75 Å².